The van der Waals surface area contributed by atoms with E-state index >= 15 is 0 Å². The largest absolute Gasteiger partial charge is 0.490 e. The fraction of sp³-hybridized carbons (Fsp3) is 0.253. The van der Waals surface area contributed by atoms with E-state index in [-0.39, 0.29) is 139 Å². The summed E-state index contributed by atoms with van der Waals surface area (Å²) in [4.78, 5) is 114. The zero-order valence-electron chi connectivity index (χ0n) is 63.2. The molecule has 5 heterocycles. The molecule has 0 aliphatic carbocycles. The maximum atomic E-state index is 14.2. The molecule has 0 N–H and O–H groups in total. The monoisotopic (exact) mass is 1680 g/mol. The summed E-state index contributed by atoms with van der Waals surface area (Å²) in [7, 11) is 3.18. The number of rotatable bonds is 44. The summed E-state index contributed by atoms with van der Waals surface area (Å²) in [5, 5.41) is 4.66. The predicted molar refractivity (Wildman–Crippen MR) is 454 cm³/mol. The van der Waals surface area contributed by atoms with Crippen LogP contribution in [-0.2, 0) is 48.6 Å². The fourth-order valence-electron chi connectivity index (χ4n) is 12.8. The molecule has 604 valence electrons. The predicted octanol–water partition coefficient (Wildman–Crippen LogP) is 16.0. The first-order valence-electron chi connectivity index (χ1n) is 37.3. The Morgan fingerprint density at radius 3 is 0.521 bits per heavy atom. The molecule has 0 aliphatic heterocycles. The molecule has 0 saturated heterocycles. The van der Waals surface area contributed by atoms with Crippen molar-refractivity contribution in [1.29, 1.82) is 0 Å². The van der Waals surface area contributed by atoms with Gasteiger partial charge in [-0.05, 0) is 121 Å². The summed E-state index contributed by atoms with van der Waals surface area (Å²) in [6.07, 6.45) is 0. The van der Waals surface area contributed by atoms with Crippen LogP contribution in [0.3, 0.4) is 0 Å². The van der Waals surface area contributed by atoms with Gasteiger partial charge in [0.15, 0.2) is 27.1 Å². The maximum Gasteiger partial charge on any atom is 0.199 e. The molecular formula is C87H76O25S5. The number of methoxy groups -OCH3 is 2. The second kappa shape index (κ2) is 39.9. The van der Waals surface area contributed by atoms with Crippen LogP contribution < -0.4 is 74.5 Å². The first-order valence-corrected chi connectivity index (χ1v) is 41.4. The third-order valence-electron chi connectivity index (χ3n) is 18.1. The van der Waals surface area contributed by atoms with Crippen molar-refractivity contribution in [3.63, 3.8) is 0 Å². The molecule has 15 aromatic rings. The van der Waals surface area contributed by atoms with Gasteiger partial charge >= 0.3 is 0 Å². The van der Waals surface area contributed by atoms with Gasteiger partial charge in [-0.25, -0.2) is 39.1 Å². The molecule has 15 rings (SSSR count). The van der Waals surface area contributed by atoms with Crippen molar-refractivity contribution in [2.75, 3.05) is 146 Å². The topological polar surface area (TPSA) is 270 Å². The number of fused-ring (bicyclic) bond motifs is 10. The van der Waals surface area contributed by atoms with Gasteiger partial charge in [0.2, 0.25) is 0 Å². The van der Waals surface area contributed by atoms with Crippen LogP contribution in [0.25, 0.3) is 101 Å². The molecular weight excluding hydrogens is 1610 g/mol. The normalized spacial score (nSPS) is 11.7. The number of hydrogen-bond donors (Lipinski definition) is 0. The Bertz CT molecular complexity index is 6370. The number of hydrogen-bond acceptors (Lipinski definition) is 30. The zero-order valence-corrected chi connectivity index (χ0v) is 67.3. The lowest BCUT2D eigenvalue weighted by Crippen LogP contribution is -2.14. The SMILES string of the molecule is COCCOc1ccc(OCCOOCCOc2ccc(OCCOOCCOc3ccc(OCCOOCCOc4ccc(OCCOOCCOc5ccc(OCCOC)c6c(=O)c7ccccc7sc56)c5c(=O)c6ccccc6sc45)c4c(=O)c5ccccc5sc34)c3c(=O)c4ccccc4sc23)c2c(=O)c3ccccc3sc12. The maximum absolute atomic E-state index is 14.2. The number of benzene rings is 10. The third kappa shape index (κ3) is 19.0. The van der Waals surface area contributed by atoms with Crippen molar-refractivity contribution >= 4 is 158 Å². The van der Waals surface area contributed by atoms with Gasteiger partial charge in [-0.15, -0.1) is 56.7 Å². The van der Waals surface area contributed by atoms with Crippen LogP contribution in [0, 0.1) is 0 Å². The standard InChI is InChI=1S/C87H76O25S5/c1-93-33-35-95-58-23-29-64(84-73(58)78(88)53-13-3-9-19-69(53)114-84)101-41-49-109-106-46-38-97-60-25-31-66(86-75(60)80(90)55-15-5-11-21-71(55)116-86)103-43-51-111-108-48-40-99-62-27-32-67(87-77(62)82(92)57-17-7-12-22-72(57)117-87)104-44-52-112-107-47-39-98-61-26-30-65(85-76(61)81(91)56-16-6-10-20-70(56)115-85)102-42-50-110-105-45-37-96-59-24-28-63(100-36-34-94-2)83-74(59)79(89)54-14-4-8-18-68(54)113-83/h3-32H,33-52H2,1-2H3. The molecule has 117 heavy (non-hydrogen) atoms. The van der Waals surface area contributed by atoms with Crippen LogP contribution in [0.5, 0.6) is 57.5 Å². The van der Waals surface area contributed by atoms with E-state index in [0.717, 1.165) is 23.5 Å². The molecule has 0 spiro atoms. The minimum Gasteiger partial charge on any atom is -0.490 e. The van der Waals surface area contributed by atoms with Crippen molar-refractivity contribution in [3.05, 3.63) is 233 Å². The van der Waals surface area contributed by atoms with Gasteiger partial charge in [0, 0.05) is 64.7 Å². The molecule has 5 aromatic heterocycles. The molecule has 0 amide bonds. The van der Waals surface area contributed by atoms with E-state index < -0.39 is 0 Å². The molecule has 0 atom stereocenters. The zero-order chi connectivity index (χ0) is 80.2. The third-order valence-corrected chi connectivity index (χ3v) is 24.0. The summed E-state index contributed by atoms with van der Waals surface area (Å²) in [6.45, 7) is 2.09. The molecule has 0 unspecified atom stereocenters. The van der Waals surface area contributed by atoms with E-state index in [2.05, 4.69) is 0 Å². The lowest BCUT2D eigenvalue weighted by molar-refractivity contribution is -0.298. The van der Waals surface area contributed by atoms with Gasteiger partial charge in [-0.2, -0.15) is 0 Å². The summed E-state index contributed by atoms with van der Waals surface area (Å²) in [5.41, 5.74) is -0.982. The Morgan fingerprint density at radius 1 is 0.188 bits per heavy atom. The lowest BCUT2D eigenvalue weighted by atomic mass is 10.1. The Morgan fingerprint density at radius 2 is 0.342 bits per heavy atom. The summed E-state index contributed by atoms with van der Waals surface area (Å²) in [6, 6.07) is 54.0. The average molecular weight is 1680 g/mol. The van der Waals surface area contributed by atoms with Crippen molar-refractivity contribution in [3.8, 4) is 57.5 Å². The van der Waals surface area contributed by atoms with Crippen LogP contribution >= 0.6 is 56.7 Å². The Labute approximate surface area is 686 Å². The van der Waals surface area contributed by atoms with E-state index in [0.29, 0.717) is 155 Å². The van der Waals surface area contributed by atoms with Crippen LogP contribution in [-0.4, -0.2) is 146 Å². The molecule has 0 bridgehead atoms. The number of ether oxygens (including phenoxy) is 12. The smallest absolute Gasteiger partial charge is 0.199 e. The highest BCUT2D eigenvalue weighted by atomic mass is 32.1. The summed E-state index contributed by atoms with van der Waals surface area (Å²) in [5.74, 6) is 4.28. The average Bonchev–Trinajstić information content (AvgIpc) is 0.785. The van der Waals surface area contributed by atoms with Gasteiger partial charge in [0.05, 0.1) is 63.6 Å². The summed E-state index contributed by atoms with van der Waals surface area (Å²) >= 11 is 7.07. The lowest BCUT2D eigenvalue weighted by Gasteiger charge is -2.15. The van der Waals surface area contributed by atoms with Crippen molar-refractivity contribution in [1.82, 2.24) is 0 Å². The highest BCUT2D eigenvalue weighted by Gasteiger charge is 2.23. The molecule has 30 heteroatoms. The van der Waals surface area contributed by atoms with Gasteiger partial charge < -0.3 is 56.8 Å². The quantitative estimate of drug-likeness (QED) is 0.0149. The summed E-state index contributed by atoms with van der Waals surface area (Å²) < 4.78 is 78.5. The molecule has 0 fully saturated rings. The Hall–Kier alpha value is -10.8. The van der Waals surface area contributed by atoms with Crippen LogP contribution in [0.1, 0.15) is 0 Å². The second-order valence-electron chi connectivity index (χ2n) is 25.5. The van der Waals surface area contributed by atoms with Gasteiger partial charge in [0.25, 0.3) is 0 Å². The van der Waals surface area contributed by atoms with Gasteiger partial charge in [-0.3, -0.25) is 24.0 Å². The van der Waals surface area contributed by atoms with Gasteiger partial charge in [0.1, 0.15) is 176 Å². The molecule has 0 radical (unpaired) electrons. The molecule has 25 nitrogen and oxygen atoms in total. The minimum atomic E-state index is -0.231. The van der Waals surface area contributed by atoms with E-state index in [1.165, 1.54) is 56.7 Å². The molecule has 0 saturated carbocycles. The Balaban J connectivity index is 0.490. The van der Waals surface area contributed by atoms with Crippen molar-refractivity contribution in [2.45, 2.75) is 0 Å². The van der Waals surface area contributed by atoms with Gasteiger partial charge in [-0.1, -0.05) is 60.7 Å². The first kappa shape index (κ1) is 81.4. The van der Waals surface area contributed by atoms with E-state index in [1.54, 1.807) is 111 Å². The van der Waals surface area contributed by atoms with Crippen LogP contribution in [0.2, 0.25) is 0 Å². The minimum absolute atomic E-state index is 0.00153. The van der Waals surface area contributed by atoms with Crippen LogP contribution in [0.4, 0.5) is 0 Å². The molecule has 0 aliphatic rings. The van der Waals surface area contributed by atoms with Crippen LogP contribution in [0.15, 0.2) is 206 Å². The fourth-order valence-corrected chi connectivity index (χ4v) is 18.6. The highest BCUT2D eigenvalue weighted by Crippen LogP contribution is 2.43. The second-order valence-corrected chi connectivity index (χ2v) is 30.8. The van der Waals surface area contributed by atoms with E-state index in [1.807, 2.05) is 84.9 Å². The first-order chi connectivity index (χ1) is 57.6. The van der Waals surface area contributed by atoms with E-state index in [9.17, 15) is 24.0 Å². The Kier molecular flexibility index (Phi) is 27.8. The molecule has 10 aromatic carbocycles. The highest BCUT2D eigenvalue weighted by molar-refractivity contribution is 7.26. The van der Waals surface area contributed by atoms with Crippen molar-refractivity contribution < 1.29 is 95.9 Å². The van der Waals surface area contributed by atoms with E-state index in [4.69, 9.17) is 95.9 Å². The van der Waals surface area contributed by atoms with Crippen molar-refractivity contribution in [2.24, 2.45) is 0 Å².